The van der Waals surface area contributed by atoms with Crippen LogP contribution in [0.3, 0.4) is 0 Å². The van der Waals surface area contributed by atoms with Crippen molar-refractivity contribution in [2.45, 2.75) is 30.7 Å². The van der Waals surface area contributed by atoms with E-state index >= 15 is 0 Å². The lowest BCUT2D eigenvalue weighted by molar-refractivity contribution is -0.138. The Morgan fingerprint density at radius 1 is 1.61 bits per heavy atom. The number of nitrogens with zero attached hydrogens (tertiary/aromatic N) is 1. The Kier molecular flexibility index (Phi) is 5.53. The number of benzene rings is 1. The summed E-state index contributed by atoms with van der Waals surface area (Å²) in [6.45, 7) is 1.93. The van der Waals surface area contributed by atoms with E-state index in [1.54, 1.807) is 6.07 Å². The van der Waals surface area contributed by atoms with Gasteiger partial charge in [-0.25, -0.2) is 4.79 Å². The van der Waals surface area contributed by atoms with Crippen LogP contribution in [0.15, 0.2) is 23.1 Å². The normalized spacial score (nSPS) is 11.6. The van der Waals surface area contributed by atoms with Gasteiger partial charge >= 0.3 is 5.97 Å². The second-order valence-corrected chi connectivity index (χ2v) is 4.67. The molecule has 0 amide bonds. The topological polar surface area (TPSA) is 73.1 Å². The maximum absolute atomic E-state index is 11.1. The number of carboxylic acids is 1. The third-order valence-corrected chi connectivity index (χ3v) is 3.34. The van der Waals surface area contributed by atoms with E-state index in [0.717, 1.165) is 11.3 Å². The Hall–Kier alpha value is -1.67. The fraction of sp³-hybridized carbons (Fsp3) is 0.385. The maximum atomic E-state index is 11.1. The third kappa shape index (κ3) is 3.41. The Bertz CT molecular complexity index is 469. The number of rotatable bonds is 6. The second-order valence-electron chi connectivity index (χ2n) is 3.82. The van der Waals surface area contributed by atoms with Gasteiger partial charge in [-0.3, -0.25) is 0 Å². The van der Waals surface area contributed by atoms with Crippen LogP contribution in [-0.2, 0) is 4.79 Å². The highest BCUT2D eigenvalue weighted by Gasteiger charge is 2.18. The number of hydrogen-bond acceptors (Lipinski definition) is 4. The van der Waals surface area contributed by atoms with Gasteiger partial charge in [-0.05, 0) is 24.8 Å². The monoisotopic (exact) mass is 264 g/mol. The van der Waals surface area contributed by atoms with Crippen LogP contribution in [0, 0.1) is 11.3 Å². The molecule has 96 valence electrons. The Morgan fingerprint density at radius 3 is 2.83 bits per heavy atom. The Morgan fingerprint density at radius 2 is 2.33 bits per heavy atom. The van der Waals surface area contributed by atoms with Gasteiger partial charge in [0, 0.05) is 4.90 Å². The first kappa shape index (κ1) is 14.4. The lowest BCUT2D eigenvalue weighted by Gasteiger charge is -2.16. The second kappa shape index (κ2) is 6.92. The molecule has 18 heavy (non-hydrogen) atoms. The minimum Gasteiger partial charge on any atom is -0.480 e. The molecule has 2 N–H and O–H groups in total. The van der Waals surface area contributed by atoms with Gasteiger partial charge in [-0.15, -0.1) is 11.8 Å². The van der Waals surface area contributed by atoms with Crippen molar-refractivity contribution in [3.63, 3.8) is 0 Å². The van der Waals surface area contributed by atoms with Crippen molar-refractivity contribution in [1.82, 2.24) is 0 Å². The molecule has 0 bridgehead atoms. The fourth-order valence-electron chi connectivity index (χ4n) is 1.67. The average Bonchev–Trinajstić information content (AvgIpc) is 2.37. The van der Waals surface area contributed by atoms with Crippen molar-refractivity contribution in [3.05, 3.63) is 23.8 Å². The largest absolute Gasteiger partial charge is 0.480 e. The highest BCUT2D eigenvalue weighted by molar-refractivity contribution is 7.98. The zero-order valence-electron chi connectivity index (χ0n) is 10.4. The van der Waals surface area contributed by atoms with Crippen LogP contribution in [0.1, 0.15) is 25.3 Å². The van der Waals surface area contributed by atoms with E-state index in [0.29, 0.717) is 17.7 Å². The standard InChI is InChI=1S/C13H16N2O2S/c1-3-5-11(13(16)17)15-10-6-4-7-12(18-2)9(10)8-14/h4,6-7,11,15H,3,5H2,1-2H3,(H,16,17). The molecule has 0 aliphatic carbocycles. The number of hydrogen-bond donors (Lipinski definition) is 2. The molecular formula is C13H16N2O2S. The summed E-state index contributed by atoms with van der Waals surface area (Å²) in [6.07, 6.45) is 3.19. The van der Waals surface area contributed by atoms with Crippen LogP contribution in [0.25, 0.3) is 0 Å². The van der Waals surface area contributed by atoms with Crippen LogP contribution in [0.2, 0.25) is 0 Å². The Labute approximate surface area is 111 Å². The summed E-state index contributed by atoms with van der Waals surface area (Å²) in [5.74, 6) is -0.893. The number of thioether (sulfide) groups is 1. The first-order valence-electron chi connectivity index (χ1n) is 5.70. The number of carbonyl (C=O) groups is 1. The van der Waals surface area contributed by atoms with Crippen molar-refractivity contribution >= 4 is 23.4 Å². The van der Waals surface area contributed by atoms with Gasteiger partial charge in [0.05, 0.1) is 11.3 Å². The van der Waals surface area contributed by atoms with Crippen molar-refractivity contribution in [2.24, 2.45) is 0 Å². The number of aliphatic carboxylic acids is 1. The molecule has 5 heteroatoms. The van der Waals surface area contributed by atoms with Crippen LogP contribution < -0.4 is 5.32 Å². The van der Waals surface area contributed by atoms with Crippen molar-refractivity contribution in [1.29, 1.82) is 5.26 Å². The molecule has 0 saturated carbocycles. The van der Waals surface area contributed by atoms with Gasteiger partial charge in [0.1, 0.15) is 12.1 Å². The fourth-order valence-corrected chi connectivity index (χ4v) is 2.24. The van der Waals surface area contributed by atoms with Crippen LogP contribution in [-0.4, -0.2) is 23.4 Å². The van der Waals surface area contributed by atoms with Crippen LogP contribution >= 0.6 is 11.8 Å². The van der Waals surface area contributed by atoms with E-state index in [2.05, 4.69) is 11.4 Å². The molecule has 1 aromatic carbocycles. The first-order valence-corrected chi connectivity index (χ1v) is 6.93. The summed E-state index contributed by atoms with van der Waals surface area (Å²) in [6, 6.07) is 6.88. The maximum Gasteiger partial charge on any atom is 0.326 e. The Balaban J connectivity index is 3.03. The average molecular weight is 264 g/mol. The molecule has 1 aromatic rings. The van der Waals surface area contributed by atoms with E-state index in [1.807, 2.05) is 25.3 Å². The van der Waals surface area contributed by atoms with E-state index in [1.165, 1.54) is 11.8 Å². The van der Waals surface area contributed by atoms with E-state index in [-0.39, 0.29) is 0 Å². The van der Waals surface area contributed by atoms with Crippen LogP contribution in [0.4, 0.5) is 5.69 Å². The highest BCUT2D eigenvalue weighted by atomic mass is 32.2. The lowest BCUT2D eigenvalue weighted by atomic mass is 10.1. The number of anilines is 1. The van der Waals surface area contributed by atoms with E-state index < -0.39 is 12.0 Å². The molecular weight excluding hydrogens is 248 g/mol. The summed E-state index contributed by atoms with van der Waals surface area (Å²) in [5, 5.41) is 21.2. The number of nitrogens with one attached hydrogen (secondary N) is 1. The highest BCUT2D eigenvalue weighted by Crippen LogP contribution is 2.27. The first-order chi connectivity index (χ1) is 8.63. The van der Waals surface area contributed by atoms with Gasteiger partial charge < -0.3 is 10.4 Å². The smallest absolute Gasteiger partial charge is 0.326 e. The van der Waals surface area contributed by atoms with Gasteiger partial charge in [-0.2, -0.15) is 5.26 Å². The van der Waals surface area contributed by atoms with Gasteiger partial charge in [0.25, 0.3) is 0 Å². The minimum absolute atomic E-state index is 0.507. The molecule has 1 rings (SSSR count). The zero-order chi connectivity index (χ0) is 13.5. The minimum atomic E-state index is -0.893. The van der Waals surface area contributed by atoms with Crippen LogP contribution in [0.5, 0.6) is 0 Å². The van der Waals surface area contributed by atoms with Gasteiger partial charge in [0.15, 0.2) is 0 Å². The molecule has 0 heterocycles. The quantitative estimate of drug-likeness (QED) is 0.773. The summed E-state index contributed by atoms with van der Waals surface area (Å²) in [5.41, 5.74) is 1.09. The van der Waals surface area contributed by atoms with E-state index in [4.69, 9.17) is 10.4 Å². The van der Waals surface area contributed by atoms with Gasteiger partial charge in [0.2, 0.25) is 0 Å². The molecule has 4 nitrogen and oxygen atoms in total. The molecule has 0 aromatic heterocycles. The zero-order valence-corrected chi connectivity index (χ0v) is 11.3. The molecule has 0 fully saturated rings. The number of nitriles is 1. The molecule has 0 aliphatic rings. The molecule has 0 radical (unpaired) electrons. The summed E-state index contributed by atoms with van der Waals surface area (Å²) in [4.78, 5) is 11.9. The number of carboxylic acid groups (broad SMARTS) is 1. The summed E-state index contributed by atoms with van der Waals surface area (Å²) >= 11 is 1.47. The summed E-state index contributed by atoms with van der Waals surface area (Å²) < 4.78 is 0. The molecule has 0 spiro atoms. The van der Waals surface area contributed by atoms with Crippen molar-refractivity contribution in [2.75, 3.05) is 11.6 Å². The van der Waals surface area contributed by atoms with E-state index in [9.17, 15) is 4.79 Å². The molecule has 0 aliphatic heterocycles. The predicted molar refractivity (Wildman–Crippen MR) is 72.9 cm³/mol. The van der Waals surface area contributed by atoms with Gasteiger partial charge in [-0.1, -0.05) is 19.4 Å². The van der Waals surface area contributed by atoms with Crippen molar-refractivity contribution in [3.8, 4) is 6.07 Å². The summed E-state index contributed by atoms with van der Waals surface area (Å²) in [7, 11) is 0. The predicted octanol–water partition coefficient (Wildman–Crippen LogP) is 2.95. The SMILES string of the molecule is CCCC(Nc1cccc(SC)c1C#N)C(=O)O. The lowest BCUT2D eigenvalue weighted by Crippen LogP contribution is -2.29. The van der Waals surface area contributed by atoms with Crippen molar-refractivity contribution < 1.29 is 9.90 Å². The molecule has 0 saturated heterocycles. The molecule has 1 unspecified atom stereocenters. The molecule has 1 atom stereocenters. The third-order valence-electron chi connectivity index (χ3n) is 2.56.